The van der Waals surface area contributed by atoms with Crippen molar-refractivity contribution in [2.75, 3.05) is 39.9 Å². The molecule has 0 amide bonds. The predicted octanol–water partition coefficient (Wildman–Crippen LogP) is 1.66. The Kier molecular flexibility index (Phi) is 6.68. The van der Waals surface area contributed by atoms with Crippen LogP contribution < -0.4 is 10.6 Å². The molecule has 3 rings (SSSR count). The fourth-order valence-corrected chi connectivity index (χ4v) is 3.58. The summed E-state index contributed by atoms with van der Waals surface area (Å²) in [5.41, 5.74) is 3.15. The number of aliphatic imine (C=N–C) groups is 1. The Hall–Kier alpha value is -2.12. The zero-order valence-corrected chi connectivity index (χ0v) is 16.9. The van der Waals surface area contributed by atoms with Gasteiger partial charge in [0, 0.05) is 44.6 Å². The van der Waals surface area contributed by atoms with Gasteiger partial charge in [0.25, 0.3) is 0 Å². The molecule has 0 aromatic carbocycles. The number of hydrogen-bond acceptors (Lipinski definition) is 4. The van der Waals surface area contributed by atoms with Crippen LogP contribution in [-0.4, -0.2) is 66.2 Å². The fraction of sp³-hybridized carbons (Fsp3) is 0.600. The maximum absolute atomic E-state index is 5.49. The zero-order valence-electron chi connectivity index (χ0n) is 16.9. The van der Waals surface area contributed by atoms with E-state index in [9.17, 15) is 0 Å². The van der Waals surface area contributed by atoms with Crippen molar-refractivity contribution < 1.29 is 4.74 Å². The second kappa shape index (κ2) is 9.19. The fourth-order valence-electron chi connectivity index (χ4n) is 3.58. The standard InChI is InChI=1S/C20H32N6O/c1-15(2)18(25-8-10-27-11-9-25)13-23-20(21-4)22-12-17-14-26-16(3)6-5-7-19(26)24-17/h5-7,14-15,18H,8-13H2,1-4H3,(H2,21,22,23). The largest absolute Gasteiger partial charge is 0.379 e. The quantitative estimate of drug-likeness (QED) is 0.596. The van der Waals surface area contributed by atoms with Crippen LogP contribution in [0.2, 0.25) is 0 Å². The van der Waals surface area contributed by atoms with E-state index >= 15 is 0 Å². The molecule has 0 spiro atoms. The number of fused-ring (bicyclic) bond motifs is 1. The molecule has 3 heterocycles. The molecule has 0 bridgehead atoms. The van der Waals surface area contributed by atoms with Crippen LogP contribution in [0.1, 0.15) is 25.2 Å². The molecule has 0 saturated carbocycles. The summed E-state index contributed by atoms with van der Waals surface area (Å²) in [7, 11) is 1.81. The van der Waals surface area contributed by atoms with Gasteiger partial charge in [0.05, 0.1) is 25.5 Å². The van der Waals surface area contributed by atoms with Crippen molar-refractivity contribution in [2.24, 2.45) is 10.9 Å². The van der Waals surface area contributed by atoms with Gasteiger partial charge in [-0.2, -0.15) is 0 Å². The van der Waals surface area contributed by atoms with Crippen molar-refractivity contribution in [1.29, 1.82) is 0 Å². The minimum atomic E-state index is 0.463. The van der Waals surface area contributed by atoms with Crippen molar-refractivity contribution in [3.63, 3.8) is 0 Å². The Labute approximate surface area is 161 Å². The number of pyridine rings is 1. The van der Waals surface area contributed by atoms with Crippen molar-refractivity contribution in [2.45, 2.75) is 33.4 Å². The van der Waals surface area contributed by atoms with Crippen molar-refractivity contribution in [3.8, 4) is 0 Å². The first-order valence-electron chi connectivity index (χ1n) is 9.78. The summed E-state index contributed by atoms with van der Waals surface area (Å²) in [6.07, 6.45) is 2.08. The van der Waals surface area contributed by atoms with Gasteiger partial charge in [-0.05, 0) is 25.0 Å². The van der Waals surface area contributed by atoms with Crippen LogP contribution in [0.5, 0.6) is 0 Å². The maximum Gasteiger partial charge on any atom is 0.191 e. The van der Waals surface area contributed by atoms with E-state index in [1.165, 1.54) is 5.69 Å². The van der Waals surface area contributed by atoms with E-state index in [1.54, 1.807) is 0 Å². The second-order valence-electron chi connectivity index (χ2n) is 7.39. The van der Waals surface area contributed by atoms with Crippen LogP contribution in [-0.2, 0) is 11.3 Å². The van der Waals surface area contributed by atoms with E-state index in [2.05, 4.69) is 62.9 Å². The summed E-state index contributed by atoms with van der Waals surface area (Å²) < 4.78 is 7.60. The van der Waals surface area contributed by atoms with Crippen molar-refractivity contribution in [3.05, 3.63) is 35.8 Å². The highest BCUT2D eigenvalue weighted by atomic mass is 16.5. The number of hydrogen-bond donors (Lipinski definition) is 2. The molecule has 0 radical (unpaired) electrons. The summed E-state index contributed by atoms with van der Waals surface area (Å²) in [5.74, 6) is 1.37. The minimum Gasteiger partial charge on any atom is -0.379 e. The first kappa shape index (κ1) is 19.6. The summed E-state index contributed by atoms with van der Waals surface area (Å²) in [5, 5.41) is 6.87. The number of aromatic nitrogens is 2. The van der Waals surface area contributed by atoms with Gasteiger partial charge in [-0.1, -0.05) is 19.9 Å². The van der Waals surface area contributed by atoms with Crippen LogP contribution in [0.15, 0.2) is 29.4 Å². The third-order valence-electron chi connectivity index (χ3n) is 5.17. The van der Waals surface area contributed by atoms with Gasteiger partial charge in [-0.15, -0.1) is 0 Å². The number of nitrogens with one attached hydrogen (secondary N) is 2. The van der Waals surface area contributed by atoms with E-state index in [0.29, 0.717) is 18.5 Å². The topological polar surface area (TPSA) is 66.2 Å². The lowest BCUT2D eigenvalue weighted by atomic mass is 10.0. The number of rotatable bonds is 6. The van der Waals surface area contributed by atoms with Crippen LogP contribution in [0, 0.1) is 12.8 Å². The van der Waals surface area contributed by atoms with Crippen molar-refractivity contribution in [1.82, 2.24) is 24.9 Å². The summed E-state index contributed by atoms with van der Waals surface area (Å²) in [4.78, 5) is 11.6. The van der Waals surface area contributed by atoms with Gasteiger partial charge in [-0.3, -0.25) is 9.89 Å². The lowest BCUT2D eigenvalue weighted by Gasteiger charge is -2.37. The Morgan fingerprint density at radius 3 is 2.70 bits per heavy atom. The number of nitrogens with zero attached hydrogens (tertiary/aromatic N) is 4. The molecule has 1 unspecified atom stereocenters. The molecule has 1 atom stereocenters. The van der Waals surface area contributed by atoms with E-state index in [4.69, 9.17) is 4.74 Å². The molecule has 148 valence electrons. The molecule has 1 aliphatic heterocycles. The number of morpholine rings is 1. The Balaban J connectivity index is 1.55. The Morgan fingerprint density at radius 2 is 2.04 bits per heavy atom. The van der Waals surface area contributed by atoms with Gasteiger partial charge < -0.3 is 19.8 Å². The highest BCUT2D eigenvalue weighted by Crippen LogP contribution is 2.12. The molecule has 1 saturated heterocycles. The van der Waals surface area contributed by atoms with Gasteiger partial charge in [-0.25, -0.2) is 4.98 Å². The van der Waals surface area contributed by atoms with Crippen LogP contribution >= 0.6 is 0 Å². The van der Waals surface area contributed by atoms with Crippen molar-refractivity contribution >= 4 is 11.6 Å². The normalized spacial score (nSPS) is 17.4. The average Bonchev–Trinajstić information content (AvgIpc) is 3.09. The predicted molar refractivity (Wildman–Crippen MR) is 109 cm³/mol. The highest BCUT2D eigenvalue weighted by molar-refractivity contribution is 5.79. The van der Waals surface area contributed by atoms with E-state index in [1.807, 2.05) is 19.2 Å². The highest BCUT2D eigenvalue weighted by Gasteiger charge is 2.23. The molecule has 0 aliphatic carbocycles. The number of aryl methyl sites for hydroxylation is 1. The zero-order chi connectivity index (χ0) is 19.2. The van der Waals surface area contributed by atoms with Gasteiger partial charge in [0.15, 0.2) is 5.96 Å². The lowest BCUT2D eigenvalue weighted by Crippen LogP contribution is -2.52. The van der Waals surface area contributed by atoms with E-state index < -0.39 is 0 Å². The monoisotopic (exact) mass is 372 g/mol. The summed E-state index contributed by atoms with van der Waals surface area (Å²) in [6.45, 7) is 11.8. The Morgan fingerprint density at radius 1 is 1.26 bits per heavy atom. The minimum absolute atomic E-state index is 0.463. The molecule has 2 aromatic heterocycles. The molecule has 7 nitrogen and oxygen atoms in total. The first-order chi connectivity index (χ1) is 13.1. The molecule has 2 aromatic rings. The molecule has 1 aliphatic rings. The van der Waals surface area contributed by atoms with Crippen LogP contribution in [0.25, 0.3) is 5.65 Å². The molecule has 27 heavy (non-hydrogen) atoms. The maximum atomic E-state index is 5.49. The van der Waals surface area contributed by atoms with E-state index in [0.717, 1.165) is 50.1 Å². The molecule has 2 N–H and O–H groups in total. The van der Waals surface area contributed by atoms with Crippen LogP contribution in [0.4, 0.5) is 0 Å². The third-order valence-corrected chi connectivity index (χ3v) is 5.17. The molecular formula is C20H32N6O. The number of guanidine groups is 1. The average molecular weight is 373 g/mol. The smallest absolute Gasteiger partial charge is 0.191 e. The van der Waals surface area contributed by atoms with Gasteiger partial charge in [0.1, 0.15) is 5.65 Å². The lowest BCUT2D eigenvalue weighted by molar-refractivity contribution is 0.00752. The van der Waals surface area contributed by atoms with Crippen LogP contribution in [0.3, 0.4) is 0 Å². The first-order valence-corrected chi connectivity index (χ1v) is 9.78. The molecule has 7 heteroatoms. The van der Waals surface area contributed by atoms with E-state index in [-0.39, 0.29) is 0 Å². The van der Waals surface area contributed by atoms with Gasteiger partial charge in [0.2, 0.25) is 0 Å². The Bertz CT molecular complexity index is 763. The summed E-state index contributed by atoms with van der Waals surface area (Å²) >= 11 is 0. The third kappa shape index (κ3) is 4.99. The number of ether oxygens (including phenoxy) is 1. The second-order valence-corrected chi connectivity index (χ2v) is 7.39. The summed E-state index contributed by atoms with van der Waals surface area (Å²) in [6, 6.07) is 6.61. The SMILES string of the molecule is CN=C(NCc1cn2c(C)cccc2n1)NCC(C(C)C)N1CCOCC1. The van der Waals surface area contributed by atoms with Gasteiger partial charge >= 0.3 is 0 Å². The molecule has 1 fully saturated rings. The number of imidazole rings is 1. The molecular weight excluding hydrogens is 340 g/mol.